The average Bonchev–Trinajstić information content (AvgIpc) is 2.81. The molecule has 0 spiro atoms. The van der Waals surface area contributed by atoms with Gasteiger partial charge in [0, 0.05) is 12.5 Å². The fourth-order valence-corrected chi connectivity index (χ4v) is 1.60. The summed E-state index contributed by atoms with van der Waals surface area (Å²) in [4.78, 5) is 11.4. The maximum Gasteiger partial charge on any atom is 0.335 e. The molecule has 0 radical (unpaired) electrons. The Morgan fingerprint density at radius 1 is 1.44 bits per heavy atom. The smallest absolute Gasteiger partial charge is 0.335 e. The third-order valence-electron chi connectivity index (χ3n) is 2.41. The summed E-state index contributed by atoms with van der Waals surface area (Å²) < 4.78 is 10.2. The molecule has 0 saturated carbocycles. The largest absolute Gasteiger partial charge is 0.465 e. The molecular weight excluding hydrogens is 204 g/mol. The number of hydrogen-bond donors (Lipinski definition) is 0. The topological polar surface area (TPSA) is 39.4 Å². The molecule has 1 aromatic heterocycles. The van der Waals surface area contributed by atoms with Gasteiger partial charge in [0.05, 0.1) is 6.26 Å². The average molecular weight is 218 g/mol. The van der Waals surface area contributed by atoms with Gasteiger partial charge in [-0.1, -0.05) is 0 Å². The standard InChI is InChI=1S/C13H14O3/c14-13(9-8-11-7-4-10-15-11)16-12-5-2-1-3-6-12/h4-5,7-10H,1-3,6H2/b9-8+. The molecule has 1 aliphatic carbocycles. The predicted molar refractivity (Wildman–Crippen MR) is 60.4 cm³/mol. The van der Waals surface area contributed by atoms with Crippen molar-refractivity contribution in [3.05, 3.63) is 42.1 Å². The number of furan rings is 1. The lowest BCUT2D eigenvalue weighted by Crippen LogP contribution is -2.03. The van der Waals surface area contributed by atoms with Crippen LogP contribution in [0.2, 0.25) is 0 Å². The highest BCUT2D eigenvalue weighted by Gasteiger charge is 2.07. The summed E-state index contributed by atoms with van der Waals surface area (Å²) in [7, 11) is 0. The lowest BCUT2D eigenvalue weighted by Gasteiger charge is -2.11. The molecule has 1 aromatic rings. The molecule has 0 aliphatic heterocycles. The Morgan fingerprint density at radius 3 is 3.06 bits per heavy atom. The van der Waals surface area contributed by atoms with Crippen LogP contribution < -0.4 is 0 Å². The Kier molecular flexibility index (Phi) is 3.59. The fourth-order valence-electron chi connectivity index (χ4n) is 1.60. The zero-order valence-corrected chi connectivity index (χ0v) is 9.02. The van der Waals surface area contributed by atoms with E-state index in [2.05, 4.69) is 0 Å². The quantitative estimate of drug-likeness (QED) is 0.577. The first kappa shape index (κ1) is 10.7. The normalized spacial score (nSPS) is 16.1. The molecule has 3 nitrogen and oxygen atoms in total. The Morgan fingerprint density at radius 2 is 2.38 bits per heavy atom. The number of esters is 1. The van der Waals surface area contributed by atoms with E-state index in [9.17, 15) is 4.79 Å². The van der Waals surface area contributed by atoms with Crippen molar-refractivity contribution >= 4 is 12.0 Å². The summed E-state index contributed by atoms with van der Waals surface area (Å²) >= 11 is 0. The second kappa shape index (κ2) is 5.35. The molecule has 84 valence electrons. The highest BCUT2D eigenvalue weighted by molar-refractivity contribution is 5.87. The molecule has 1 heterocycles. The van der Waals surface area contributed by atoms with Crippen molar-refractivity contribution in [1.82, 2.24) is 0 Å². The maximum absolute atomic E-state index is 11.4. The van der Waals surface area contributed by atoms with Crippen LogP contribution in [0.25, 0.3) is 6.08 Å². The highest BCUT2D eigenvalue weighted by Crippen LogP contribution is 2.18. The van der Waals surface area contributed by atoms with E-state index < -0.39 is 0 Å². The Labute approximate surface area is 94.4 Å². The van der Waals surface area contributed by atoms with E-state index in [0.29, 0.717) is 5.76 Å². The molecule has 0 fully saturated rings. The highest BCUT2D eigenvalue weighted by atomic mass is 16.5. The van der Waals surface area contributed by atoms with Gasteiger partial charge in [-0.05, 0) is 43.5 Å². The fraction of sp³-hybridized carbons (Fsp3) is 0.308. The second-order valence-corrected chi connectivity index (χ2v) is 3.69. The van der Waals surface area contributed by atoms with E-state index in [0.717, 1.165) is 25.0 Å². The van der Waals surface area contributed by atoms with Gasteiger partial charge in [-0.15, -0.1) is 0 Å². The van der Waals surface area contributed by atoms with Gasteiger partial charge in [-0.3, -0.25) is 0 Å². The molecule has 0 bridgehead atoms. The van der Waals surface area contributed by atoms with Crippen LogP contribution in [-0.2, 0) is 9.53 Å². The molecule has 0 atom stereocenters. The molecule has 1 aliphatic rings. The molecule has 16 heavy (non-hydrogen) atoms. The number of rotatable bonds is 3. The van der Waals surface area contributed by atoms with E-state index in [-0.39, 0.29) is 5.97 Å². The summed E-state index contributed by atoms with van der Waals surface area (Å²) in [5.41, 5.74) is 0. The second-order valence-electron chi connectivity index (χ2n) is 3.69. The molecule has 0 unspecified atom stereocenters. The van der Waals surface area contributed by atoms with Crippen molar-refractivity contribution in [3.8, 4) is 0 Å². The Balaban J connectivity index is 1.86. The van der Waals surface area contributed by atoms with Gasteiger partial charge in [-0.25, -0.2) is 4.79 Å². The van der Waals surface area contributed by atoms with Gasteiger partial charge < -0.3 is 9.15 Å². The first-order chi connectivity index (χ1) is 7.84. The number of carbonyl (C=O) groups is 1. The van der Waals surface area contributed by atoms with E-state index in [1.54, 1.807) is 24.5 Å². The van der Waals surface area contributed by atoms with Crippen molar-refractivity contribution in [2.75, 3.05) is 0 Å². The molecule has 2 rings (SSSR count). The van der Waals surface area contributed by atoms with Gasteiger partial charge in [0.1, 0.15) is 11.5 Å². The minimum Gasteiger partial charge on any atom is -0.465 e. The van der Waals surface area contributed by atoms with Gasteiger partial charge in [0.25, 0.3) is 0 Å². The molecule has 0 aromatic carbocycles. The lowest BCUT2D eigenvalue weighted by atomic mass is 10.1. The Hall–Kier alpha value is -1.77. The molecule has 0 N–H and O–H groups in total. The number of hydrogen-bond acceptors (Lipinski definition) is 3. The van der Waals surface area contributed by atoms with E-state index >= 15 is 0 Å². The van der Waals surface area contributed by atoms with Crippen LogP contribution in [0.3, 0.4) is 0 Å². The summed E-state index contributed by atoms with van der Waals surface area (Å²) in [6, 6.07) is 3.55. The third-order valence-corrected chi connectivity index (χ3v) is 2.41. The minimum atomic E-state index is -0.343. The summed E-state index contributed by atoms with van der Waals surface area (Å²) in [5.74, 6) is 1.10. The van der Waals surface area contributed by atoms with Crippen LogP contribution in [0.4, 0.5) is 0 Å². The van der Waals surface area contributed by atoms with E-state index in [1.165, 1.54) is 12.5 Å². The predicted octanol–water partition coefficient (Wildman–Crippen LogP) is 3.29. The van der Waals surface area contributed by atoms with Crippen molar-refractivity contribution in [3.63, 3.8) is 0 Å². The molecular formula is C13H14O3. The minimum absolute atomic E-state index is 0.343. The van der Waals surface area contributed by atoms with Crippen LogP contribution in [0, 0.1) is 0 Å². The Bertz CT molecular complexity index is 399. The zero-order valence-electron chi connectivity index (χ0n) is 9.02. The first-order valence-corrected chi connectivity index (χ1v) is 5.47. The van der Waals surface area contributed by atoms with Gasteiger partial charge in [-0.2, -0.15) is 0 Å². The van der Waals surface area contributed by atoms with Crippen molar-refractivity contribution in [1.29, 1.82) is 0 Å². The summed E-state index contributed by atoms with van der Waals surface area (Å²) in [6.45, 7) is 0. The maximum atomic E-state index is 11.4. The number of ether oxygens (including phenoxy) is 1. The molecule has 3 heteroatoms. The van der Waals surface area contributed by atoms with Gasteiger partial charge in [0.2, 0.25) is 0 Å². The van der Waals surface area contributed by atoms with Gasteiger partial charge in [0.15, 0.2) is 0 Å². The van der Waals surface area contributed by atoms with Crippen molar-refractivity contribution < 1.29 is 13.9 Å². The van der Waals surface area contributed by atoms with Crippen LogP contribution in [0.1, 0.15) is 31.4 Å². The van der Waals surface area contributed by atoms with Crippen LogP contribution in [0.5, 0.6) is 0 Å². The van der Waals surface area contributed by atoms with E-state index in [4.69, 9.17) is 9.15 Å². The summed E-state index contributed by atoms with van der Waals surface area (Å²) in [6.07, 6.45) is 10.7. The number of allylic oxidation sites excluding steroid dienone is 2. The zero-order chi connectivity index (χ0) is 11.2. The SMILES string of the molecule is O=C(/C=C/c1ccco1)OC1=CCCCC1. The van der Waals surface area contributed by atoms with Crippen LogP contribution >= 0.6 is 0 Å². The lowest BCUT2D eigenvalue weighted by molar-refractivity contribution is -0.134. The summed E-state index contributed by atoms with van der Waals surface area (Å²) in [5, 5.41) is 0. The monoisotopic (exact) mass is 218 g/mol. The van der Waals surface area contributed by atoms with Crippen molar-refractivity contribution in [2.24, 2.45) is 0 Å². The van der Waals surface area contributed by atoms with Crippen LogP contribution in [-0.4, -0.2) is 5.97 Å². The van der Waals surface area contributed by atoms with E-state index in [1.807, 2.05) is 6.08 Å². The van der Waals surface area contributed by atoms with Crippen molar-refractivity contribution in [2.45, 2.75) is 25.7 Å². The number of carbonyl (C=O) groups excluding carboxylic acids is 1. The first-order valence-electron chi connectivity index (χ1n) is 5.47. The third kappa shape index (κ3) is 3.12. The van der Waals surface area contributed by atoms with Crippen LogP contribution in [0.15, 0.2) is 40.7 Å². The van der Waals surface area contributed by atoms with Gasteiger partial charge >= 0.3 is 5.97 Å². The molecule has 0 amide bonds. The molecule has 0 saturated heterocycles.